The third-order valence-electron chi connectivity index (χ3n) is 2.22. The van der Waals surface area contributed by atoms with Gasteiger partial charge in [0.1, 0.15) is 0 Å². The first-order valence-corrected chi connectivity index (χ1v) is 5.74. The van der Waals surface area contributed by atoms with Gasteiger partial charge >= 0.3 is 0 Å². The van der Waals surface area contributed by atoms with E-state index in [1.807, 2.05) is 11.7 Å². The number of aryl methyl sites for hydroxylation is 2. The molecule has 0 aliphatic carbocycles. The first-order chi connectivity index (χ1) is 6.74. The molecule has 0 N–H and O–H groups in total. The summed E-state index contributed by atoms with van der Waals surface area (Å²) in [4.78, 5) is 1.36. The van der Waals surface area contributed by atoms with Gasteiger partial charge in [0.05, 0.1) is 16.9 Å². The van der Waals surface area contributed by atoms with Crippen LogP contribution in [0, 0.1) is 0 Å². The molecule has 4 heteroatoms. The minimum Gasteiger partial charge on any atom is -0.266 e. The van der Waals surface area contributed by atoms with E-state index in [0.29, 0.717) is 0 Å². The van der Waals surface area contributed by atoms with Crippen molar-refractivity contribution < 1.29 is 0 Å². The average Bonchev–Trinajstić information content (AvgIpc) is 2.73. The summed E-state index contributed by atoms with van der Waals surface area (Å²) in [5, 5.41) is 6.95. The van der Waals surface area contributed by atoms with Crippen LogP contribution < -0.4 is 0 Å². The Hall–Kier alpha value is -0.800. The molecular weight excluding hydrogens is 216 g/mol. The summed E-state index contributed by atoms with van der Waals surface area (Å²) in [6.07, 6.45) is 2.72. The molecule has 0 radical (unpaired) electrons. The fourth-order valence-corrected chi connectivity index (χ4v) is 2.63. The highest BCUT2D eigenvalue weighted by atomic mass is 35.5. The van der Waals surface area contributed by atoms with E-state index in [2.05, 4.69) is 23.5 Å². The van der Waals surface area contributed by atoms with Crippen molar-refractivity contribution in [1.29, 1.82) is 0 Å². The zero-order valence-electron chi connectivity index (χ0n) is 8.12. The first-order valence-electron chi connectivity index (χ1n) is 4.48. The number of thiophene rings is 1. The fourth-order valence-electron chi connectivity index (χ4n) is 1.54. The molecule has 0 saturated heterocycles. The Labute approximate surface area is 92.1 Å². The third kappa shape index (κ3) is 1.47. The van der Waals surface area contributed by atoms with Crippen molar-refractivity contribution in [3.05, 3.63) is 27.5 Å². The van der Waals surface area contributed by atoms with Crippen LogP contribution in [0.25, 0.3) is 11.3 Å². The SMILES string of the molecule is CCc1sccc1-c1c(Cl)cnn1C. The molecule has 2 aromatic heterocycles. The molecule has 74 valence electrons. The van der Waals surface area contributed by atoms with Gasteiger partial charge in [-0.15, -0.1) is 11.3 Å². The van der Waals surface area contributed by atoms with E-state index in [4.69, 9.17) is 11.6 Å². The van der Waals surface area contributed by atoms with Crippen LogP contribution in [0.3, 0.4) is 0 Å². The van der Waals surface area contributed by atoms with E-state index in [1.165, 1.54) is 10.4 Å². The summed E-state index contributed by atoms with van der Waals surface area (Å²) < 4.78 is 1.82. The smallest absolute Gasteiger partial charge is 0.0876 e. The summed E-state index contributed by atoms with van der Waals surface area (Å²) in [5.41, 5.74) is 2.23. The van der Waals surface area contributed by atoms with Gasteiger partial charge in [-0.3, -0.25) is 4.68 Å². The van der Waals surface area contributed by atoms with Crippen molar-refractivity contribution in [2.75, 3.05) is 0 Å². The lowest BCUT2D eigenvalue weighted by Crippen LogP contribution is -1.94. The topological polar surface area (TPSA) is 17.8 Å². The first kappa shape index (κ1) is 9.74. The second-order valence-corrected chi connectivity index (χ2v) is 4.48. The Bertz CT molecular complexity index is 425. The predicted octanol–water partition coefficient (Wildman–Crippen LogP) is 3.36. The molecule has 0 aliphatic heterocycles. The highest BCUT2D eigenvalue weighted by Crippen LogP contribution is 2.32. The molecule has 0 unspecified atom stereocenters. The number of nitrogens with zero attached hydrogens (tertiary/aromatic N) is 2. The normalized spacial score (nSPS) is 10.8. The molecule has 0 fully saturated rings. The Morgan fingerprint density at radius 2 is 2.36 bits per heavy atom. The summed E-state index contributed by atoms with van der Waals surface area (Å²) in [7, 11) is 1.92. The van der Waals surface area contributed by atoms with Crippen molar-refractivity contribution in [2.24, 2.45) is 7.05 Å². The number of hydrogen-bond acceptors (Lipinski definition) is 2. The van der Waals surface area contributed by atoms with Gasteiger partial charge in [0, 0.05) is 17.5 Å². The maximum Gasteiger partial charge on any atom is 0.0876 e. The molecule has 2 aromatic rings. The summed E-state index contributed by atoms with van der Waals surface area (Å²) >= 11 is 7.85. The maximum absolute atomic E-state index is 6.09. The Morgan fingerprint density at radius 3 is 2.93 bits per heavy atom. The molecule has 2 rings (SSSR count). The largest absolute Gasteiger partial charge is 0.266 e. The molecule has 0 bridgehead atoms. The maximum atomic E-state index is 6.09. The Kier molecular flexibility index (Phi) is 2.61. The van der Waals surface area contributed by atoms with E-state index < -0.39 is 0 Å². The van der Waals surface area contributed by atoms with Crippen molar-refractivity contribution in [1.82, 2.24) is 9.78 Å². The lowest BCUT2D eigenvalue weighted by Gasteiger charge is -2.02. The van der Waals surface area contributed by atoms with E-state index >= 15 is 0 Å². The van der Waals surface area contributed by atoms with Gasteiger partial charge in [-0.1, -0.05) is 18.5 Å². The summed E-state index contributed by atoms with van der Waals surface area (Å²) in [6, 6.07) is 2.10. The van der Waals surface area contributed by atoms with Crippen molar-refractivity contribution in [3.63, 3.8) is 0 Å². The van der Waals surface area contributed by atoms with Crippen molar-refractivity contribution in [3.8, 4) is 11.3 Å². The molecule has 14 heavy (non-hydrogen) atoms. The molecule has 0 aliphatic rings. The molecular formula is C10H11ClN2S. The van der Waals surface area contributed by atoms with Gasteiger partial charge in [0.2, 0.25) is 0 Å². The Balaban J connectivity index is 2.59. The molecule has 0 amide bonds. The van der Waals surface area contributed by atoms with E-state index in [0.717, 1.165) is 17.1 Å². The predicted molar refractivity (Wildman–Crippen MR) is 60.9 cm³/mol. The second-order valence-electron chi connectivity index (χ2n) is 3.08. The average molecular weight is 227 g/mol. The van der Waals surface area contributed by atoms with Crippen LogP contribution in [0.5, 0.6) is 0 Å². The van der Waals surface area contributed by atoms with Crippen molar-refractivity contribution in [2.45, 2.75) is 13.3 Å². The molecule has 0 aromatic carbocycles. The number of aromatic nitrogens is 2. The van der Waals surface area contributed by atoms with Gasteiger partial charge in [0.15, 0.2) is 0 Å². The van der Waals surface area contributed by atoms with Gasteiger partial charge in [0.25, 0.3) is 0 Å². The van der Waals surface area contributed by atoms with Gasteiger partial charge in [-0.05, 0) is 17.9 Å². The standard InChI is InChI=1S/C10H11ClN2S/c1-3-9-7(4-5-14-9)10-8(11)6-12-13(10)2/h4-6H,3H2,1-2H3. The van der Waals surface area contributed by atoms with Gasteiger partial charge < -0.3 is 0 Å². The number of hydrogen-bond donors (Lipinski definition) is 0. The van der Waals surface area contributed by atoms with Gasteiger partial charge in [-0.25, -0.2) is 0 Å². The van der Waals surface area contributed by atoms with Crippen LogP contribution in [-0.2, 0) is 13.5 Å². The molecule has 0 atom stereocenters. The van der Waals surface area contributed by atoms with Crippen LogP contribution in [0.2, 0.25) is 5.02 Å². The quantitative estimate of drug-likeness (QED) is 0.768. The molecule has 0 saturated carbocycles. The molecule has 0 spiro atoms. The van der Waals surface area contributed by atoms with E-state index in [1.54, 1.807) is 17.5 Å². The fraction of sp³-hybridized carbons (Fsp3) is 0.300. The third-order valence-corrected chi connectivity index (χ3v) is 3.56. The monoisotopic (exact) mass is 226 g/mol. The Morgan fingerprint density at radius 1 is 1.57 bits per heavy atom. The van der Waals surface area contributed by atoms with Crippen LogP contribution >= 0.6 is 22.9 Å². The minimum atomic E-state index is 0.723. The zero-order chi connectivity index (χ0) is 10.1. The highest BCUT2D eigenvalue weighted by molar-refractivity contribution is 7.10. The lowest BCUT2D eigenvalue weighted by atomic mass is 10.1. The summed E-state index contributed by atoms with van der Waals surface area (Å²) in [5.74, 6) is 0. The zero-order valence-corrected chi connectivity index (χ0v) is 9.69. The second kappa shape index (κ2) is 3.75. The van der Waals surface area contributed by atoms with Crippen LogP contribution in [0.4, 0.5) is 0 Å². The van der Waals surface area contributed by atoms with Crippen molar-refractivity contribution >= 4 is 22.9 Å². The van der Waals surface area contributed by atoms with Crippen LogP contribution in [0.1, 0.15) is 11.8 Å². The number of halogens is 1. The van der Waals surface area contributed by atoms with Gasteiger partial charge in [-0.2, -0.15) is 5.10 Å². The highest BCUT2D eigenvalue weighted by Gasteiger charge is 2.12. The molecule has 2 heterocycles. The number of rotatable bonds is 2. The summed E-state index contributed by atoms with van der Waals surface area (Å²) in [6.45, 7) is 2.15. The van der Waals surface area contributed by atoms with Crippen LogP contribution in [-0.4, -0.2) is 9.78 Å². The molecule has 2 nitrogen and oxygen atoms in total. The minimum absolute atomic E-state index is 0.723. The lowest BCUT2D eigenvalue weighted by molar-refractivity contribution is 0.775. The van der Waals surface area contributed by atoms with Crippen LogP contribution in [0.15, 0.2) is 17.6 Å². The van der Waals surface area contributed by atoms with E-state index in [9.17, 15) is 0 Å². The van der Waals surface area contributed by atoms with E-state index in [-0.39, 0.29) is 0 Å².